The van der Waals surface area contributed by atoms with Crippen molar-refractivity contribution in [2.45, 2.75) is 76.5 Å². The summed E-state index contributed by atoms with van der Waals surface area (Å²) < 4.78 is 19.9. The van der Waals surface area contributed by atoms with Crippen LogP contribution >= 0.6 is 0 Å². The minimum absolute atomic E-state index is 0.00895. The molecule has 0 radical (unpaired) electrons. The lowest BCUT2D eigenvalue weighted by Crippen LogP contribution is -2.56. The summed E-state index contributed by atoms with van der Waals surface area (Å²) in [5, 5.41) is 6.84. The van der Waals surface area contributed by atoms with Gasteiger partial charge in [0.2, 0.25) is 0 Å². The molecular formula is C25H35FN2O2. The second kappa shape index (κ2) is 9.78. The zero-order chi connectivity index (χ0) is 21.6. The molecule has 30 heavy (non-hydrogen) atoms. The summed E-state index contributed by atoms with van der Waals surface area (Å²) in [5.74, 6) is 0.271. The highest BCUT2D eigenvalue weighted by molar-refractivity contribution is 5.68. The lowest BCUT2D eigenvalue weighted by molar-refractivity contribution is 0.0472. The van der Waals surface area contributed by atoms with Crippen LogP contribution in [0.25, 0.3) is 0 Å². The highest BCUT2D eigenvalue weighted by Gasteiger charge is 2.38. The Bertz CT molecular complexity index is 784. The molecule has 5 heteroatoms. The maximum Gasteiger partial charge on any atom is 0.407 e. The smallest absolute Gasteiger partial charge is 0.407 e. The van der Waals surface area contributed by atoms with Gasteiger partial charge in [-0.15, -0.1) is 0 Å². The molecule has 1 fully saturated rings. The van der Waals surface area contributed by atoms with Crippen molar-refractivity contribution in [3.05, 3.63) is 60.0 Å². The summed E-state index contributed by atoms with van der Waals surface area (Å²) in [6, 6.07) is 7.02. The Labute approximate surface area is 180 Å². The number of hydrogen-bond donors (Lipinski definition) is 2. The number of hydrogen-bond acceptors (Lipinski definition) is 3. The third-order valence-electron chi connectivity index (χ3n) is 5.86. The minimum Gasteiger partial charge on any atom is -0.444 e. The van der Waals surface area contributed by atoms with E-state index in [-0.39, 0.29) is 23.5 Å². The average Bonchev–Trinajstić information content (AvgIpc) is 2.68. The summed E-state index contributed by atoms with van der Waals surface area (Å²) in [6.45, 7) is 6.44. The maximum absolute atomic E-state index is 14.5. The molecule has 3 atom stereocenters. The largest absolute Gasteiger partial charge is 0.444 e. The zero-order valence-electron chi connectivity index (χ0n) is 18.4. The van der Waals surface area contributed by atoms with Crippen molar-refractivity contribution in [2.24, 2.45) is 5.92 Å². The van der Waals surface area contributed by atoms with Crippen LogP contribution in [0.4, 0.5) is 9.18 Å². The summed E-state index contributed by atoms with van der Waals surface area (Å²) in [7, 11) is 0. The van der Waals surface area contributed by atoms with Crippen LogP contribution in [-0.2, 0) is 11.2 Å². The standard InChI is InChI=1S/C25H35FN2O2/c1-24(2,3)30-23(29)28-21-13-9-15-25(17-21,16-20-12-7-8-14-22(20)26)27-18-19-10-5-4-6-11-19/h4-8,10,12,14,19,21,27H,9,11,13,15-18H2,1-3H3,(H,28,29)/t19?,21-,25-/m1/s1. The average molecular weight is 415 g/mol. The Morgan fingerprint density at radius 3 is 2.77 bits per heavy atom. The van der Waals surface area contributed by atoms with Gasteiger partial charge in [-0.3, -0.25) is 0 Å². The molecule has 0 bridgehead atoms. The topological polar surface area (TPSA) is 50.4 Å². The van der Waals surface area contributed by atoms with Crippen molar-refractivity contribution in [2.75, 3.05) is 6.54 Å². The van der Waals surface area contributed by atoms with Crippen LogP contribution in [0, 0.1) is 11.7 Å². The molecule has 0 spiro atoms. The Morgan fingerprint density at radius 2 is 2.07 bits per heavy atom. The number of ether oxygens (including phenoxy) is 1. The van der Waals surface area contributed by atoms with Gasteiger partial charge < -0.3 is 15.4 Å². The lowest BCUT2D eigenvalue weighted by atomic mass is 9.74. The molecule has 4 nitrogen and oxygen atoms in total. The van der Waals surface area contributed by atoms with Crippen LogP contribution in [0.2, 0.25) is 0 Å². The fraction of sp³-hybridized carbons (Fsp3) is 0.560. The molecule has 2 aliphatic rings. The second-order valence-corrected chi connectivity index (χ2v) is 9.68. The fourth-order valence-electron chi connectivity index (χ4n) is 4.48. The van der Waals surface area contributed by atoms with E-state index in [0.717, 1.165) is 44.2 Å². The summed E-state index contributed by atoms with van der Waals surface area (Å²) >= 11 is 0. The molecular weight excluding hydrogens is 379 g/mol. The van der Waals surface area contributed by atoms with Crippen molar-refractivity contribution in [3.63, 3.8) is 0 Å². The van der Waals surface area contributed by atoms with Crippen LogP contribution in [-0.4, -0.2) is 29.8 Å². The number of carbonyl (C=O) groups is 1. The first-order chi connectivity index (χ1) is 14.2. The first-order valence-corrected chi connectivity index (χ1v) is 11.1. The van der Waals surface area contributed by atoms with Crippen LogP contribution in [0.15, 0.2) is 48.6 Å². The molecule has 1 aromatic rings. The van der Waals surface area contributed by atoms with Crippen molar-refractivity contribution < 1.29 is 13.9 Å². The molecule has 164 valence electrons. The SMILES string of the molecule is CC(C)(C)OC(=O)N[C@@H]1CCC[C@](Cc2ccccc2F)(NCC2C=CC=CC2)C1. The highest BCUT2D eigenvalue weighted by atomic mass is 19.1. The quantitative estimate of drug-likeness (QED) is 0.664. The van der Waals surface area contributed by atoms with Gasteiger partial charge in [0, 0.05) is 18.1 Å². The Morgan fingerprint density at radius 1 is 1.27 bits per heavy atom. The summed E-state index contributed by atoms with van der Waals surface area (Å²) in [6.07, 6.45) is 13.4. The van der Waals surface area contributed by atoms with Gasteiger partial charge in [0.1, 0.15) is 11.4 Å². The number of carbonyl (C=O) groups excluding carboxylic acids is 1. The first-order valence-electron chi connectivity index (χ1n) is 11.1. The molecule has 3 rings (SSSR count). The Balaban J connectivity index is 1.72. The van der Waals surface area contributed by atoms with Crippen LogP contribution < -0.4 is 10.6 Å². The van der Waals surface area contributed by atoms with Gasteiger partial charge in [0.05, 0.1) is 0 Å². The molecule has 1 aromatic carbocycles. The normalized spacial score (nSPS) is 26.4. The van der Waals surface area contributed by atoms with Crippen molar-refractivity contribution in [3.8, 4) is 0 Å². The van der Waals surface area contributed by atoms with Gasteiger partial charge in [0.25, 0.3) is 0 Å². The highest BCUT2D eigenvalue weighted by Crippen LogP contribution is 2.33. The molecule has 1 saturated carbocycles. The number of benzene rings is 1. The van der Waals surface area contributed by atoms with Crippen molar-refractivity contribution >= 4 is 6.09 Å². The molecule has 1 amide bonds. The zero-order valence-corrected chi connectivity index (χ0v) is 18.4. The Hall–Kier alpha value is -2.14. The van der Waals surface area contributed by atoms with E-state index in [1.165, 1.54) is 6.07 Å². The number of halogens is 1. The maximum atomic E-state index is 14.5. The van der Waals surface area contributed by atoms with E-state index >= 15 is 0 Å². The molecule has 0 saturated heterocycles. The van der Waals surface area contributed by atoms with Gasteiger partial charge in [-0.25, -0.2) is 9.18 Å². The van der Waals surface area contributed by atoms with E-state index in [4.69, 9.17) is 4.74 Å². The van der Waals surface area contributed by atoms with Crippen LogP contribution in [0.5, 0.6) is 0 Å². The van der Waals surface area contributed by atoms with Gasteiger partial charge in [-0.2, -0.15) is 0 Å². The molecule has 2 N–H and O–H groups in total. The van der Waals surface area contributed by atoms with E-state index in [2.05, 4.69) is 34.9 Å². The second-order valence-electron chi connectivity index (χ2n) is 9.68. The first kappa shape index (κ1) is 22.5. The third-order valence-corrected chi connectivity index (χ3v) is 5.86. The van der Waals surface area contributed by atoms with Gasteiger partial charge in [0.15, 0.2) is 0 Å². The van der Waals surface area contributed by atoms with Gasteiger partial charge in [-0.1, -0.05) is 42.5 Å². The van der Waals surface area contributed by atoms with Crippen LogP contribution in [0.1, 0.15) is 58.4 Å². The van der Waals surface area contributed by atoms with Crippen molar-refractivity contribution in [1.82, 2.24) is 10.6 Å². The van der Waals surface area contributed by atoms with Gasteiger partial charge in [-0.05, 0) is 76.8 Å². The number of allylic oxidation sites excluding steroid dienone is 3. The Kier molecular flexibility index (Phi) is 7.35. The van der Waals surface area contributed by atoms with E-state index in [1.54, 1.807) is 6.07 Å². The fourth-order valence-corrected chi connectivity index (χ4v) is 4.48. The number of nitrogens with one attached hydrogen (secondary N) is 2. The lowest BCUT2D eigenvalue weighted by Gasteiger charge is -2.43. The molecule has 1 unspecified atom stereocenters. The molecule has 0 aromatic heterocycles. The minimum atomic E-state index is -0.526. The third kappa shape index (κ3) is 6.69. The van der Waals surface area contributed by atoms with E-state index in [1.807, 2.05) is 32.9 Å². The molecule has 2 aliphatic carbocycles. The number of alkyl carbamates (subject to hydrolysis) is 1. The molecule has 0 heterocycles. The predicted octanol–water partition coefficient (Wildman–Crippen LogP) is 5.30. The summed E-state index contributed by atoms with van der Waals surface area (Å²) in [4.78, 5) is 12.3. The van der Waals surface area contributed by atoms with E-state index in [9.17, 15) is 9.18 Å². The van der Waals surface area contributed by atoms with Gasteiger partial charge >= 0.3 is 6.09 Å². The van der Waals surface area contributed by atoms with E-state index in [0.29, 0.717) is 12.3 Å². The predicted molar refractivity (Wildman–Crippen MR) is 119 cm³/mol. The van der Waals surface area contributed by atoms with E-state index < -0.39 is 5.60 Å². The monoisotopic (exact) mass is 414 g/mol. The number of amides is 1. The number of rotatable bonds is 6. The van der Waals surface area contributed by atoms with Crippen LogP contribution in [0.3, 0.4) is 0 Å². The summed E-state index contributed by atoms with van der Waals surface area (Å²) in [5.41, 5.74) is -0.0565. The van der Waals surface area contributed by atoms with Crippen molar-refractivity contribution in [1.29, 1.82) is 0 Å². The molecule has 0 aliphatic heterocycles.